The normalized spacial score (nSPS) is 11.5. The molecule has 0 aromatic carbocycles. The van der Waals surface area contributed by atoms with Crippen molar-refractivity contribution >= 4 is 6.09 Å². The fraction of sp³-hybridized carbons (Fsp3) is 0.906. The summed E-state index contributed by atoms with van der Waals surface area (Å²) < 4.78 is 70.0. The predicted octanol–water partition coefficient (Wildman–Crippen LogP) is 1.34. The van der Waals surface area contributed by atoms with E-state index in [1.165, 1.54) is 0 Å². The van der Waals surface area contributed by atoms with Gasteiger partial charge in [-0.1, -0.05) is 5.92 Å². The van der Waals surface area contributed by atoms with Gasteiger partial charge in [-0.05, 0) is 20.8 Å². The SMILES string of the molecule is C#CCOCCOCCOCCOCCOCCOCCOCCOCCOCCOCCOCCOCCNC(=O)OC(C)(C)C. The summed E-state index contributed by atoms with van der Waals surface area (Å²) in [5.41, 5.74) is -0.513. The zero-order valence-electron chi connectivity index (χ0n) is 29.0. The number of hydrogen-bond acceptors (Lipinski definition) is 14. The highest BCUT2D eigenvalue weighted by molar-refractivity contribution is 5.67. The van der Waals surface area contributed by atoms with Crippen LogP contribution in [0.25, 0.3) is 0 Å². The second kappa shape index (κ2) is 37.2. The lowest BCUT2D eigenvalue weighted by molar-refractivity contribution is -0.0281. The van der Waals surface area contributed by atoms with Crippen molar-refractivity contribution in [1.29, 1.82) is 0 Å². The summed E-state index contributed by atoms with van der Waals surface area (Å²) in [6, 6.07) is 0. The van der Waals surface area contributed by atoms with E-state index in [0.29, 0.717) is 165 Å². The van der Waals surface area contributed by atoms with Gasteiger partial charge in [-0.15, -0.1) is 6.42 Å². The third kappa shape index (κ3) is 42.3. The van der Waals surface area contributed by atoms with E-state index in [1.807, 2.05) is 20.8 Å². The first kappa shape index (κ1) is 45.3. The molecule has 0 atom stereocenters. The second-order valence-electron chi connectivity index (χ2n) is 10.4. The minimum absolute atomic E-state index is 0.303. The molecule has 278 valence electrons. The van der Waals surface area contributed by atoms with Crippen molar-refractivity contribution in [2.75, 3.05) is 165 Å². The van der Waals surface area contributed by atoms with Gasteiger partial charge in [0.15, 0.2) is 0 Å². The number of rotatable bonds is 37. The van der Waals surface area contributed by atoms with Gasteiger partial charge in [0.1, 0.15) is 12.2 Å². The minimum Gasteiger partial charge on any atom is -0.444 e. The van der Waals surface area contributed by atoms with Crippen molar-refractivity contribution in [3.8, 4) is 12.3 Å². The predicted molar refractivity (Wildman–Crippen MR) is 173 cm³/mol. The molecule has 0 spiro atoms. The van der Waals surface area contributed by atoms with Crippen LogP contribution >= 0.6 is 0 Å². The first-order valence-electron chi connectivity index (χ1n) is 16.3. The smallest absolute Gasteiger partial charge is 0.407 e. The summed E-state index contributed by atoms with van der Waals surface area (Å²) in [6.45, 7) is 17.3. The summed E-state index contributed by atoms with van der Waals surface area (Å²) in [6.07, 6.45) is 4.62. The molecule has 0 saturated heterocycles. The topological polar surface area (TPSA) is 149 Å². The van der Waals surface area contributed by atoms with Gasteiger partial charge >= 0.3 is 6.09 Å². The van der Waals surface area contributed by atoms with Gasteiger partial charge in [-0.3, -0.25) is 0 Å². The van der Waals surface area contributed by atoms with E-state index in [1.54, 1.807) is 0 Å². The fourth-order valence-corrected chi connectivity index (χ4v) is 3.09. The van der Waals surface area contributed by atoms with Crippen molar-refractivity contribution in [2.45, 2.75) is 26.4 Å². The van der Waals surface area contributed by atoms with Gasteiger partial charge in [-0.25, -0.2) is 4.79 Å². The monoisotopic (exact) mass is 683 g/mol. The number of carbonyl (C=O) groups is 1. The Morgan fingerprint density at radius 3 is 0.915 bits per heavy atom. The molecule has 15 heteroatoms. The molecule has 0 unspecified atom stereocenters. The summed E-state index contributed by atoms with van der Waals surface area (Å²) in [7, 11) is 0. The molecule has 0 aromatic rings. The summed E-state index contributed by atoms with van der Waals surface area (Å²) >= 11 is 0. The van der Waals surface area contributed by atoms with E-state index in [-0.39, 0.29) is 0 Å². The van der Waals surface area contributed by atoms with Crippen molar-refractivity contribution in [3.05, 3.63) is 0 Å². The van der Waals surface area contributed by atoms with E-state index in [2.05, 4.69) is 11.2 Å². The molecule has 1 N–H and O–H groups in total. The Morgan fingerprint density at radius 1 is 0.447 bits per heavy atom. The average Bonchev–Trinajstić information content (AvgIpc) is 3.03. The Labute approximate surface area is 281 Å². The molecule has 1 amide bonds. The third-order valence-corrected chi connectivity index (χ3v) is 5.19. The number of alkyl carbamates (subject to hydrolysis) is 1. The van der Waals surface area contributed by atoms with Gasteiger partial charge in [0.2, 0.25) is 0 Å². The largest absolute Gasteiger partial charge is 0.444 e. The van der Waals surface area contributed by atoms with E-state index in [0.717, 1.165) is 0 Å². The molecule has 0 saturated carbocycles. The first-order chi connectivity index (χ1) is 23.0. The van der Waals surface area contributed by atoms with Crippen LogP contribution in [0.1, 0.15) is 20.8 Å². The summed E-state index contributed by atoms with van der Waals surface area (Å²) in [5, 5.41) is 2.63. The lowest BCUT2D eigenvalue weighted by Gasteiger charge is -2.19. The van der Waals surface area contributed by atoms with Crippen LogP contribution in [0, 0.1) is 12.3 Å². The van der Waals surface area contributed by atoms with Crippen molar-refractivity contribution < 1.29 is 66.4 Å². The van der Waals surface area contributed by atoms with E-state index in [4.69, 9.17) is 68.0 Å². The van der Waals surface area contributed by atoms with Gasteiger partial charge in [0, 0.05) is 6.54 Å². The number of hydrogen-bond donors (Lipinski definition) is 1. The Hall–Kier alpha value is -1.65. The maximum absolute atomic E-state index is 11.5. The number of carbonyl (C=O) groups excluding carboxylic acids is 1. The van der Waals surface area contributed by atoms with Crippen LogP contribution in [0.15, 0.2) is 0 Å². The van der Waals surface area contributed by atoms with Crippen molar-refractivity contribution in [1.82, 2.24) is 5.32 Å². The van der Waals surface area contributed by atoms with Crippen molar-refractivity contribution in [2.24, 2.45) is 0 Å². The Balaban J connectivity index is 3.09. The van der Waals surface area contributed by atoms with Crippen LogP contribution in [0.3, 0.4) is 0 Å². The highest BCUT2D eigenvalue weighted by Crippen LogP contribution is 2.06. The van der Waals surface area contributed by atoms with E-state index < -0.39 is 11.7 Å². The van der Waals surface area contributed by atoms with E-state index in [9.17, 15) is 4.79 Å². The molecule has 0 heterocycles. The van der Waals surface area contributed by atoms with Crippen LogP contribution in [0.4, 0.5) is 4.79 Å². The third-order valence-electron chi connectivity index (χ3n) is 5.19. The Morgan fingerprint density at radius 2 is 0.681 bits per heavy atom. The van der Waals surface area contributed by atoms with Crippen LogP contribution in [-0.4, -0.2) is 177 Å². The molecule has 15 nitrogen and oxygen atoms in total. The molecule has 47 heavy (non-hydrogen) atoms. The molecule has 0 rings (SSSR count). The highest BCUT2D eigenvalue weighted by Gasteiger charge is 2.15. The lowest BCUT2D eigenvalue weighted by Crippen LogP contribution is -2.34. The number of ether oxygens (including phenoxy) is 13. The van der Waals surface area contributed by atoms with Gasteiger partial charge in [-0.2, -0.15) is 0 Å². The second-order valence-corrected chi connectivity index (χ2v) is 10.4. The standard InChI is InChI=1S/C32H61NO14/c1-5-7-35-9-11-37-13-15-39-17-19-41-21-23-43-25-27-45-29-30-46-28-26-44-24-22-42-20-18-40-16-14-38-12-10-36-8-6-33-31(34)47-32(2,3)4/h1H,6-30H2,2-4H3,(H,33,34). The van der Waals surface area contributed by atoms with Crippen LogP contribution in [-0.2, 0) is 61.6 Å². The quantitative estimate of drug-likeness (QED) is 0.0742. The van der Waals surface area contributed by atoms with Gasteiger partial charge in [0.05, 0.1) is 152 Å². The zero-order chi connectivity index (χ0) is 34.4. The Bertz CT molecular complexity index is 690. The summed E-state index contributed by atoms with van der Waals surface area (Å²) in [4.78, 5) is 11.5. The maximum atomic E-state index is 11.5. The highest BCUT2D eigenvalue weighted by atomic mass is 16.6. The molecule has 0 radical (unpaired) electrons. The number of terminal acetylenes is 1. The molecule has 0 bridgehead atoms. The van der Waals surface area contributed by atoms with Crippen LogP contribution in [0.5, 0.6) is 0 Å². The first-order valence-corrected chi connectivity index (χ1v) is 16.3. The molecular weight excluding hydrogens is 622 g/mol. The summed E-state index contributed by atoms with van der Waals surface area (Å²) in [5.74, 6) is 2.39. The number of amides is 1. The van der Waals surface area contributed by atoms with E-state index >= 15 is 0 Å². The maximum Gasteiger partial charge on any atom is 0.407 e. The molecule has 0 aromatic heterocycles. The van der Waals surface area contributed by atoms with Gasteiger partial charge < -0.3 is 66.9 Å². The lowest BCUT2D eigenvalue weighted by atomic mass is 10.2. The van der Waals surface area contributed by atoms with Crippen molar-refractivity contribution in [3.63, 3.8) is 0 Å². The number of nitrogens with one attached hydrogen (secondary N) is 1. The molecule has 0 fully saturated rings. The van der Waals surface area contributed by atoms with Crippen LogP contribution < -0.4 is 5.32 Å². The van der Waals surface area contributed by atoms with Crippen LogP contribution in [0.2, 0.25) is 0 Å². The molecule has 0 aliphatic carbocycles. The molecular formula is C32H61NO14. The molecule has 0 aliphatic heterocycles. The minimum atomic E-state index is -0.513. The van der Waals surface area contributed by atoms with Gasteiger partial charge in [0.25, 0.3) is 0 Å². The zero-order valence-corrected chi connectivity index (χ0v) is 29.0. The molecule has 0 aliphatic rings. The fourth-order valence-electron chi connectivity index (χ4n) is 3.09. The Kier molecular flexibility index (Phi) is 35.9. The average molecular weight is 684 g/mol.